The van der Waals surface area contributed by atoms with Crippen LogP contribution in [0.2, 0.25) is 0 Å². The number of carbonyl (C=O) groups is 1. The van der Waals surface area contributed by atoms with Gasteiger partial charge in [-0.15, -0.1) is 5.73 Å². The van der Waals surface area contributed by atoms with Crippen molar-refractivity contribution in [2.24, 2.45) is 7.05 Å². The van der Waals surface area contributed by atoms with Crippen LogP contribution in [0.3, 0.4) is 0 Å². The Bertz CT molecular complexity index is 1550. The van der Waals surface area contributed by atoms with Crippen LogP contribution in [0.1, 0.15) is 0 Å². The fraction of sp³-hybridized carbons (Fsp3) is 0.267. The Morgan fingerprint density at radius 2 is 2.00 bits per heavy atom. The molecule has 2 N–H and O–H groups in total. The highest BCUT2D eigenvalue weighted by atomic mass is 16.5. The molecule has 2 aromatic heterocycles. The molecule has 10 nitrogen and oxygen atoms in total. The van der Waals surface area contributed by atoms with Gasteiger partial charge in [0.15, 0.2) is 0 Å². The number of para-hydroxylation sites is 1. The van der Waals surface area contributed by atoms with Crippen molar-refractivity contribution in [2.75, 3.05) is 57.2 Å². The van der Waals surface area contributed by atoms with Crippen LogP contribution in [0.5, 0.6) is 11.5 Å². The van der Waals surface area contributed by atoms with Crippen LogP contribution in [-0.2, 0) is 16.6 Å². The maximum Gasteiger partial charge on any atom is 0.256 e. The lowest BCUT2D eigenvalue weighted by Crippen LogP contribution is -2.38. The van der Waals surface area contributed by atoms with Gasteiger partial charge >= 0.3 is 0 Å². The number of fused-ring (bicyclic) bond motifs is 1. The quantitative estimate of drug-likeness (QED) is 0.226. The lowest BCUT2D eigenvalue weighted by molar-refractivity contribution is -0.111. The summed E-state index contributed by atoms with van der Waals surface area (Å²) < 4.78 is 19.3. The summed E-state index contributed by atoms with van der Waals surface area (Å²) in [5.74, 6) is 0.996. The number of nitrogens with zero attached hydrogens (tertiary/aromatic N) is 4. The van der Waals surface area contributed by atoms with Gasteiger partial charge in [0.05, 0.1) is 37.4 Å². The topological polar surface area (TPSA) is 103 Å². The molecule has 1 aliphatic rings. The second kappa shape index (κ2) is 12.5. The summed E-state index contributed by atoms with van der Waals surface area (Å²) in [7, 11) is 3.59. The Hall–Kier alpha value is -4.63. The third-order valence-electron chi connectivity index (χ3n) is 6.64. The van der Waals surface area contributed by atoms with Crippen LogP contribution in [0.15, 0.2) is 73.2 Å². The van der Waals surface area contributed by atoms with Crippen LogP contribution in [0.25, 0.3) is 22.2 Å². The number of hydrogen-bond donors (Lipinski definition) is 2. The summed E-state index contributed by atoms with van der Waals surface area (Å²) in [4.78, 5) is 23.9. The van der Waals surface area contributed by atoms with E-state index in [0.29, 0.717) is 48.6 Å². The number of anilines is 3. The Labute approximate surface area is 232 Å². The number of morpholine rings is 1. The number of ether oxygens (including phenoxy) is 3. The third-order valence-corrected chi connectivity index (χ3v) is 6.64. The molecule has 0 aliphatic carbocycles. The maximum atomic E-state index is 12.4. The monoisotopic (exact) mass is 540 g/mol. The lowest BCUT2D eigenvalue weighted by atomic mass is 10.1. The minimum Gasteiger partial charge on any atom is -0.494 e. The molecule has 206 valence electrons. The van der Waals surface area contributed by atoms with Gasteiger partial charge in [-0.2, -0.15) is 0 Å². The molecule has 0 unspecified atom stereocenters. The molecule has 0 atom stereocenters. The standard InChI is InChI=1S/C30H32N6O4/c1-4-7-29(37)32-25-18-24(27(38-3)19-28(25)40-17-14-36-12-15-39-16-13-36)34-30-31-11-10-23(33-30)22-20-35(2)26-9-6-5-8-21(22)26/h5-11,18-20H,1,12-17H2,2-3H3,(H,32,37)(H,31,33,34). The number of amides is 1. The number of aromatic nitrogens is 3. The predicted molar refractivity (Wildman–Crippen MR) is 155 cm³/mol. The summed E-state index contributed by atoms with van der Waals surface area (Å²) in [5.41, 5.74) is 6.43. The number of methoxy groups -OCH3 is 1. The van der Waals surface area contributed by atoms with Crippen molar-refractivity contribution < 1.29 is 19.0 Å². The van der Waals surface area contributed by atoms with E-state index < -0.39 is 0 Å². The lowest BCUT2D eigenvalue weighted by Gasteiger charge is -2.26. The van der Waals surface area contributed by atoms with Crippen molar-refractivity contribution in [3.8, 4) is 22.8 Å². The first-order valence-corrected chi connectivity index (χ1v) is 13.0. The summed E-state index contributed by atoms with van der Waals surface area (Å²) in [6.45, 7) is 7.81. The van der Waals surface area contributed by atoms with Gasteiger partial charge in [-0.05, 0) is 18.2 Å². The minimum atomic E-state index is -0.377. The van der Waals surface area contributed by atoms with E-state index in [9.17, 15) is 4.79 Å². The van der Waals surface area contributed by atoms with Gasteiger partial charge in [0.2, 0.25) is 5.95 Å². The summed E-state index contributed by atoms with van der Waals surface area (Å²) in [6.07, 6.45) is 4.99. The van der Waals surface area contributed by atoms with Crippen molar-refractivity contribution in [3.05, 3.63) is 73.2 Å². The first kappa shape index (κ1) is 27.0. The van der Waals surface area contributed by atoms with Gasteiger partial charge in [0.25, 0.3) is 5.91 Å². The van der Waals surface area contributed by atoms with Crippen LogP contribution in [0.4, 0.5) is 17.3 Å². The number of hydrogen-bond acceptors (Lipinski definition) is 8. The largest absolute Gasteiger partial charge is 0.494 e. The van der Waals surface area contributed by atoms with E-state index in [-0.39, 0.29) is 5.91 Å². The van der Waals surface area contributed by atoms with Gasteiger partial charge in [-0.1, -0.05) is 24.8 Å². The first-order valence-electron chi connectivity index (χ1n) is 13.0. The van der Waals surface area contributed by atoms with E-state index in [1.54, 1.807) is 25.4 Å². The summed E-state index contributed by atoms with van der Waals surface area (Å²) in [5, 5.41) is 7.19. The summed E-state index contributed by atoms with van der Waals surface area (Å²) >= 11 is 0. The first-order chi connectivity index (χ1) is 19.6. The number of nitrogens with one attached hydrogen (secondary N) is 2. The Morgan fingerprint density at radius 1 is 1.18 bits per heavy atom. The van der Waals surface area contributed by atoms with Crippen molar-refractivity contribution in [1.29, 1.82) is 0 Å². The smallest absolute Gasteiger partial charge is 0.256 e. The average Bonchev–Trinajstić information content (AvgIpc) is 3.31. The summed E-state index contributed by atoms with van der Waals surface area (Å²) in [6, 6.07) is 13.5. The molecule has 3 heterocycles. The molecule has 4 aromatic rings. The van der Waals surface area contributed by atoms with Gasteiger partial charge in [-0.3, -0.25) is 9.69 Å². The Kier molecular flexibility index (Phi) is 8.41. The second-order valence-corrected chi connectivity index (χ2v) is 9.25. The molecule has 5 rings (SSSR count). The predicted octanol–water partition coefficient (Wildman–Crippen LogP) is 4.38. The van der Waals surface area contributed by atoms with E-state index in [1.165, 1.54) is 6.08 Å². The Morgan fingerprint density at radius 3 is 2.80 bits per heavy atom. The molecule has 1 saturated heterocycles. The molecule has 40 heavy (non-hydrogen) atoms. The second-order valence-electron chi connectivity index (χ2n) is 9.25. The van der Waals surface area contributed by atoms with Crippen molar-refractivity contribution in [1.82, 2.24) is 19.4 Å². The van der Waals surface area contributed by atoms with E-state index in [1.807, 2.05) is 25.2 Å². The number of carbonyl (C=O) groups excluding carboxylic acids is 1. The Balaban J connectivity index is 1.42. The fourth-order valence-corrected chi connectivity index (χ4v) is 4.65. The molecule has 0 saturated carbocycles. The van der Waals surface area contributed by atoms with E-state index >= 15 is 0 Å². The van der Waals surface area contributed by atoms with Crippen molar-refractivity contribution >= 4 is 34.1 Å². The molecule has 10 heteroatoms. The van der Waals surface area contributed by atoms with Crippen molar-refractivity contribution in [2.45, 2.75) is 0 Å². The van der Waals surface area contributed by atoms with Gasteiger partial charge < -0.3 is 29.4 Å². The third kappa shape index (κ3) is 6.16. The van der Waals surface area contributed by atoms with Crippen molar-refractivity contribution in [3.63, 3.8) is 0 Å². The highest BCUT2D eigenvalue weighted by Crippen LogP contribution is 2.38. The SMILES string of the molecule is C=C=CC(=O)Nc1cc(Nc2nccc(-c3cn(C)c4ccccc34)n2)c(OC)cc1OCCN1CCOCC1. The average molecular weight is 541 g/mol. The molecule has 2 aromatic carbocycles. The highest BCUT2D eigenvalue weighted by Gasteiger charge is 2.17. The van der Waals surface area contributed by atoms with Gasteiger partial charge in [0.1, 0.15) is 18.1 Å². The van der Waals surface area contributed by atoms with E-state index in [2.05, 4.69) is 55.7 Å². The molecule has 1 fully saturated rings. The minimum absolute atomic E-state index is 0.377. The normalized spacial score (nSPS) is 13.4. The number of aryl methyl sites for hydroxylation is 1. The number of rotatable bonds is 10. The van der Waals surface area contributed by atoms with Crippen LogP contribution in [-0.4, -0.2) is 71.9 Å². The zero-order valence-corrected chi connectivity index (χ0v) is 22.6. The van der Waals surface area contributed by atoms with Gasteiger partial charge in [-0.25, -0.2) is 9.97 Å². The molecule has 1 aliphatic heterocycles. The van der Waals surface area contributed by atoms with E-state index in [4.69, 9.17) is 19.2 Å². The molecule has 0 radical (unpaired) electrons. The molecule has 0 spiro atoms. The highest BCUT2D eigenvalue weighted by molar-refractivity contribution is 6.01. The van der Waals surface area contributed by atoms with Gasteiger partial charge in [0, 0.05) is 67.7 Å². The molecule has 1 amide bonds. The molecule has 0 bridgehead atoms. The van der Waals surface area contributed by atoms with Crippen LogP contribution < -0.4 is 20.1 Å². The van der Waals surface area contributed by atoms with Crippen LogP contribution in [0, 0.1) is 0 Å². The molecular weight excluding hydrogens is 508 g/mol. The zero-order valence-electron chi connectivity index (χ0n) is 22.6. The molecular formula is C30H32N6O4. The maximum absolute atomic E-state index is 12.4. The van der Waals surface area contributed by atoms with E-state index in [0.717, 1.165) is 41.8 Å². The fourth-order valence-electron chi connectivity index (χ4n) is 4.65. The zero-order chi connectivity index (χ0) is 27.9. The van der Waals surface area contributed by atoms with Crippen LogP contribution >= 0.6 is 0 Å². The number of benzene rings is 2.